The first-order valence-electron chi connectivity index (χ1n) is 11.2. The van der Waals surface area contributed by atoms with E-state index >= 15 is 0 Å². The second-order valence-corrected chi connectivity index (χ2v) is 8.87. The maximum atomic E-state index is 12.2. The third-order valence-electron chi connectivity index (χ3n) is 5.17. The number of fused-ring (bicyclic) bond motifs is 1. The van der Waals surface area contributed by atoms with E-state index in [1.165, 1.54) is 43.4 Å². The number of thioether (sulfide) groups is 1. The Morgan fingerprint density at radius 3 is 2.56 bits per heavy atom. The van der Waals surface area contributed by atoms with Crippen molar-refractivity contribution in [3.05, 3.63) is 90.3 Å². The molecule has 34 heavy (non-hydrogen) atoms. The van der Waals surface area contributed by atoms with E-state index in [0.29, 0.717) is 16.8 Å². The molecule has 0 saturated carbocycles. The van der Waals surface area contributed by atoms with Crippen molar-refractivity contribution in [1.29, 1.82) is 0 Å². The van der Waals surface area contributed by atoms with Crippen LogP contribution in [0.2, 0.25) is 0 Å². The Balaban J connectivity index is 1.13. The topological polar surface area (TPSA) is 78.6 Å². The fourth-order valence-corrected chi connectivity index (χ4v) is 4.31. The predicted octanol–water partition coefficient (Wildman–Crippen LogP) is 6.10. The van der Waals surface area contributed by atoms with Crippen molar-refractivity contribution in [3.63, 3.8) is 0 Å². The minimum absolute atomic E-state index is 0.219. The molecule has 0 fully saturated rings. The third kappa shape index (κ3) is 6.96. The Kier molecular flexibility index (Phi) is 8.35. The van der Waals surface area contributed by atoms with Crippen molar-refractivity contribution in [3.8, 4) is 5.75 Å². The molecule has 0 aliphatic heterocycles. The van der Waals surface area contributed by atoms with Gasteiger partial charge >= 0.3 is 11.9 Å². The van der Waals surface area contributed by atoms with Crippen molar-refractivity contribution < 1.29 is 23.5 Å². The average Bonchev–Trinajstić information content (AvgIpc) is 3.34. The van der Waals surface area contributed by atoms with Crippen LogP contribution in [0.3, 0.4) is 0 Å². The van der Waals surface area contributed by atoms with E-state index in [1.807, 2.05) is 30.3 Å². The molecule has 0 atom stereocenters. The summed E-state index contributed by atoms with van der Waals surface area (Å²) in [5, 5.41) is 0. The van der Waals surface area contributed by atoms with E-state index < -0.39 is 11.9 Å². The molecule has 174 valence electrons. The van der Waals surface area contributed by atoms with Crippen molar-refractivity contribution in [2.75, 3.05) is 12.4 Å². The van der Waals surface area contributed by atoms with E-state index in [-0.39, 0.29) is 12.2 Å². The molecular weight excluding hydrogens is 450 g/mol. The summed E-state index contributed by atoms with van der Waals surface area (Å²) in [5.74, 6) is 0.0812. The Bertz CT molecular complexity index is 1220. The number of esters is 2. The number of benzene rings is 3. The lowest BCUT2D eigenvalue weighted by Crippen LogP contribution is -2.19. The molecule has 7 heteroatoms. The number of hydrogen-bond acceptors (Lipinski definition) is 7. The Hall–Kier alpha value is -3.58. The van der Waals surface area contributed by atoms with E-state index in [2.05, 4.69) is 29.2 Å². The molecule has 1 aromatic heterocycles. The number of rotatable bonds is 11. The molecule has 0 bridgehead atoms. The van der Waals surface area contributed by atoms with Gasteiger partial charge in [0.2, 0.25) is 0 Å². The Labute approximate surface area is 202 Å². The van der Waals surface area contributed by atoms with Crippen molar-refractivity contribution in [1.82, 2.24) is 4.98 Å². The molecule has 0 saturated heterocycles. The fourth-order valence-electron chi connectivity index (χ4n) is 3.39. The van der Waals surface area contributed by atoms with E-state index in [0.717, 1.165) is 17.1 Å². The minimum atomic E-state index is -0.765. The van der Waals surface area contributed by atoms with Crippen LogP contribution in [0.1, 0.15) is 35.2 Å². The van der Waals surface area contributed by atoms with Gasteiger partial charge in [-0.25, -0.2) is 14.6 Å². The first-order valence-corrected chi connectivity index (χ1v) is 12.1. The summed E-state index contributed by atoms with van der Waals surface area (Å²) in [5.41, 5.74) is 2.68. The maximum absolute atomic E-state index is 12.2. The molecule has 1 heterocycles. The highest BCUT2D eigenvalue weighted by molar-refractivity contribution is 7.99. The number of oxazole rings is 1. The summed E-state index contributed by atoms with van der Waals surface area (Å²) in [6, 6.07) is 22.8. The minimum Gasteiger partial charge on any atom is -0.482 e. The van der Waals surface area contributed by atoms with Gasteiger partial charge < -0.3 is 13.9 Å². The van der Waals surface area contributed by atoms with Gasteiger partial charge in [-0.05, 0) is 73.0 Å². The van der Waals surface area contributed by atoms with E-state index in [1.54, 1.807) is 17.8 Å². The summed E-state index contributed by atoms with van der Waals surface area (Å²) in [7, 11) is 0. The smallest absolute Gasteiger partial charge is 0.352 e. The number of aromatic nitrogens is 1. The normalized spacial score (nSPS) is 10.8. The summed E-state index contributed by atoms with van der Waals surface area (Å²) < 4.78 is 15.4. The molecule has 0 aliphatic rings. The summed E-state index contributed by atoms with van der Waals surface area (Å²) in [6.07, 6.45) is 5.98. The maximum Gasteiger partial charge on any atom is 0.352 e. The molecule has 4 aromatic rings. The molecule has 0 radical (unpaired) electrons. The van der Waals surface area contributed by atoms with Gasteiger partial charge in [0.1, 0.15) is 11.3 Å². The molecule has 0 amide bonds. The lowest BCUT2D eigenvalue weighted by atomic mass is 10.1. The number of unbranched alkanes of at least 4 members (excludes halogenated alkanes) is 2. The van der Waals surface area contributed by atoms with Crippen LogP contribution in [0.15, 0.2) is 88.5 Å². The van der Waals surface area contributed by atoms with Gasteiger partial charge in [-0.1, -0.05) is 36.8 Å². The van der Waals surface area contributed by atoms with E-state index in [4.69, 9.17) is 13.9 Å². The molecular formula is C27H25NO5S. The molecule has 0 unspecified atom stereocenters. The number of nitrogens with zero attached hydrogens (tertiary/aromatic N) is 1. The van der Waals surface area contributed by atoms with Crippen LogP contribution in [-0.4, -0.2) is 29.3 Å². The molecule has 6 nitrogen and oxygen atoms in total. The quantitative estimate of drug-likeness (QED) is 0.112. The molecule has 0 spiro atoms. The zero-order valence-corrected chi connectivity index (χ0v) is 19.5. The number of carbonyl (C=O) groups excluding carboxylic acids is 2. The fraction of sp³-hybridized carbons (Fsp3) is 0.222. The predicted molar refractivity (Wildman–Crippen MR) is 131 cm³/mol. The van der Waals surface area contributed by atoms with Crippen LogP contribution in [0.25, 0.3) is 11.1 Å². The van der Waals surface area contributed by atoms with Crippen LogP contribution >= 0.6 is 11.8 Å². The second-order valence-electron chi connectivity index (χ2n) is 7.70. The Morgan fingerprint density at radius 2 is 1.74 bits per heavy atom. The van der Waals surface area contributed by atoms with Crippen LogP contribution < -0.4 is 4.74 Å². The zero-order valence-electron chi connectivity index (χ0n) is 18.6. The van der Waals surface area contributed by atoms with Gasteiger partial charge in [0, 0.05) is 4.90 Å². The van der Waals surface area contributed by atoms with Gasteiger partial charge in [-0.2, -0.15) is 0 Å². The Morgan fingerprint density at radius 1 is 0.912 bits per heavy atom. The first-order chi connectivity index (χ1) is 16.7. The number of aryl methyl sites for hydroxylation is 1. The summed E-state index contributed by atoms with van der Waals surface area (Å²) in [4.78, 5) is 29.3. The highest BCUT2D eigenvalue weighted by Gasteiger charge is 2.15. The number of carbonyl (C=O) groups is 2. The zero-order chi connectivity index (χ0) is 23.6. The number of hydrogen-bond donors (Lipinski definition) is 0. The molecule has 0 aliphatic carbocycles. The van der Waals surface area contributed by atoms with Crippen molar-refractivity contribution >= 4 is 34.8 Å². The highest BCUT2D eigenvalue weighted by Crippen LogP contribution is 2.23. The lowest BCUT2D eigenvalue weighted by Gasteiger charge is -2.07. The lowest BCUT2D eigenvalue weighted by molar-refractivity contribution is -0.140. The van der Waals surface area contributed by atoms with Gasteiger partial charge in [0.25, 0.3) is 0 Å². The van der Waals surface area contributed by atoms with Crippen LogP contribution in [0, 0.1) is 0 Å². The standard InChI is InChI=1S/C27H25NO5S/c29-26(33-27(30)21-10-15-25-24(17-21)28-19-32-25)18-31-22-11-13-23(14-12-22)34-16-6-2-5-9-20-7-3-1-4-8-20/h1,3-4,7-8,10-15,17,19H,2,5-6,9,16,18H2. The molecule has 4 rings (SSSR count). The second kappa shape index (κ2) is 12.0. The van der Waals surface area contributed by atoms with Gasteiger partial charge in [-0.15, -0.1) is 11.8 Å². The summed E-state index contributed by atoms with van der Waals surface area (Å²) >= 11 is 1.80. The van der Waals surface area contributed by atoms with Gasteiger partial charge in [0.15, 0.2) is 18.6 Å². The highest BCUT2D eigenvalue weighted by atomic mass is 32.2. The van der Waals surface area contributed by atoms with Gasteiger partial charge in [-0.3, -0.25) is 0 Å². The molecule has 3 aromatic carbocycles. The van der Waals surface area contributed by atoms with Crippen molar-refractivity contribution in [2.24, 2.45) is 0 Å². The third-order valence-corrected chi connectivity index (χ3v) is 6.27. The van der Waals surface area contributed by atoms with E-state index in [9.17, 15) is 9.59 Å². The molecule has 0 N–H and O–H groups in total. The largest absolute Gasteiger partial charge is 0.482 e. The number of ether oxygens (including phenoxy) is 2. The van der Waals surface area contributed by atoms with Gasteiger partial charge in [0.05, 0.1) is 5.56 Å². The monoisotopic (exact) mass is 475 g/mol. The summed E-state index contributed by atoms with van der Waals surface area (Å²) in [6.45, 7) is -0.355. The van der Waals surface area contributed by atoms with Crippen LogP contribution in [0.4, 0.5) is 0 Å². The average molecular weight is 476 g/mol. The first kappa shape index (κ1) is 23.6. The van der Waals surface area contributed by atoms with Crippen molar-refractivity contribution in [2.45, 2.75) is 30.6 Å². The SMILES string of the molecule is O=C(COc1ccc(SCCCCCc2ccccc2)cc1)OC(=O)c1ccc2ocnc2c1. The van der Waals surface area contributed by atoms with Crippen LogP contribution in [-0.2, 0) is 16.0 Å². The van der Waals surface area contributed by atoms with Crippen LogP contribution in [0.5, 0.6) is 5.75 Å².